The maximum absolute atomic E-state index is 12.5. The summed E-state index contributed by atoms with van der Waals surface area (Å²) in [5.41, 5.74) is 0.842. The summed E-state index contributed by atoms with van der Waals surface area (Å²) < 4.78 is 11.4. The van der Waals surface area contributed by atoms with Gasteiger partial charge in [-0.25, -0.2) is 0 Å². The number of carbonyl (C=O) groups excluding carboxylic acids is 2. The van der Waals surface area contributed by atoms with Gasteiger partial charge in [0.1, 0.15) is 11.9 Å². The average Bonchev–Trinajstić information content (AvgIpc) is 2.58. The van der Waals surface area contributed by atoms with Crippen LogP contribution in [0.2, 0.25) is 0 Å². The number of aryl methyl sites for hydroxylation is 1. The van der Waals surface area contributed by atoms with E-state index in [1.54, 1.807) is 13.8 Å². The smallest absolute Gasteiger partial charge is 0.249 e. The largest absolute Gasteiger partial charge is 0.353 e. The lowest BCUT2D eigenvalue weighted by Crippen LogP contribution is -2.56. The van der Waals surface area contributed by atoms with E-state index in [1.165, 1.54) is 5.56 Å². The van der Waals surface area contributed by atoms with Gasteiger partial charge in [0.25, 0.3) is 0 Å². The normalized spacial score (nSPS) is 21.2. The molecule has 5 heteroatoms. The quantitative estimate of drug-likeness (QED) is 0.772. The van der Waals surface area contributed by atoms with E-state index in [0.29, 0.717) is 26.0 Å². The third kappa shape index (κ3) is 6.22. The zero-order valence-electron chi connectivity index (χ0n) is 16.3. The first-order chi connectivity index (χ1) is 12.2. The van der Waals surface area contributed by atoms with Crippen LogP contribution in [0.3, 0.4) is 0 Å². The van der Waals surface area contributed by atoms with E-state index >= 15 is 0 Å². The highest BCUT2D eigenvalue weighted by molar-refractivity contribution is 5.83. The number of ketones is 1. The molecule has 1 fully saturated rings. The van der Waals surface area contributed by atoms with E-state index in [0.717, 1.165) is 12.8 Å². The number of hydrogen-bond donors (Lipinski definition) is 1. The fraction of sp³-hybridized carbons (Fsp3) is 0.619. The standard InChI is InChI=1S/C21H31NO4/c1-20(2)15-25-21(3,4)26-18(20)19(24)22-14-13-17(23)12-8-11-16-9-6-5-7-10-16/h5-7,9-10,18H,8,11-15H2,1-4H3,(H,22,24). The molecule has 1 heterocycles. The van der Waals surface area contributed by atoms with Crippen molar-refractivity contribution in [3.05, 3.63) is 35.9 Å². The lowest BCUT2D eigenvalue weighted by atomic mass is 9.85. The van der Waals surface area contributed by atoms with E-state index < -0.39 is 17.3 Å². The van der Waals surface area contributed by atoms with Gasteiger partial charge >= 0.3 is 0 Å². The Hall–Kier alpha value is -1.72. The number of carbonyl (C=O) groups is 2. The SMILES string of the molecule is CC1(C)OCC(C)(C)C(C(=O)NCCC(=O)CCCc2ccccc2)O1. The molecule has 0 saturated carbocycles. The summed E-state index contributed by atoms with van der Waals surface area (Å²) in [4.78, 5) is 24.5. The van der Waals surface area contributed by atoms with Gasteiger partial charge in [-0.05, 0) is 32.3 Å². The highest BCUT2D eigenvalue weighted by Crippen LogP contribution is 2.34. The molecule has 0 radical (unpaired) electrons. The van der Waals surface area contributed by atoms with Crippen molar-refractivity contribution in [1.29, 1.82) is 0 Å². The molecular formula is C21H31NO4. The number of amides is 1. The zero-order chi connectivity index (χ0) is 19.2. The Bertz CT molecular complexity index is 610. The molecule has 1 N–H and O–H groups in total. The molecule has 1 saturated heterocycles. The first kappa shape index (κ1) is 20.6. The van der Waals surface area contributed by atoms with Crippen molar-refractivity contribution in [2.75, 3.05) is 13.2 Å². The molecular weight excluding hydrogens is 330 g/mol. The second kappa shape index (κ2) is 8.78. The van der Waals surface area contributed by atoms with Crippen LogP contribution < -0.4 is 5.32 Å². The first-order valence-electron chi connectivity index (χ1n) is 9.35. The van der Waals surface area contributed by atoms with Crippen molar-refractivity contribution in [3.63, 3.8) is 0 Å². The number of ether oxygens (including phenoxy) is 2. The molecule has 0 spiro atoms. The monoisotopic (exact) mass is 361 g/mol. The highest BCUT2D eigenvalue weighted by Gasteiger charge is 2.45. The molecule has 1 aromatic rings. The predicted octanol–water partition coefficient (Wildman–Crippen LogP) is 3.26. The molecule has 1 atom stereocenters. The van der Waals surface area contributed by atoms with Gasteiger partial charge in [-0.1, -0.05) is 44.2 Å². The van der Waals surface area contributed by atoms with Crippen LogP contribution in [0.15, 0.2) is 30.3 Å². The number of nitrogens with one attached hydrogen (secondary N) is 1. The minimum Gasteiger partial charge on any atom is -0.353 e. The van der Waals surface area contributed by atoms with Gasteiger partial charge in [0, 0.05) is 24.8 Å². The molecule has 0 aromatic heterocycles. The maximum atomic E-state index is 12.5. The van der Waals surface area contributed by atoms with Crippen molar-refractivity contribution in [2.24, 2.45) is 5.41 Å². The van der Waals surface area contributed by atoms with Crippen LogP contribution >= 0.6 is 0 Å². The van der Waals surface area contributed by atoms with E-state index in [-0.39, 0.29) is 11.7 Å². The lowest BCUT2D eigenvalue weighted by Gasteiger charge is -2.44. The van der Waals surface area contributed by atoms with Gasteiger partial charge < -0.3 is 14.8 Å². The van der Waals surface area contributed by atoms with Crippen molar-refractivity contribution in [3.8, 4) is 0 Å². The Labute approximate surface area is 156 Å². The van der Waals surface area contributed by atoms with Crippen molar-refractivity contribution in [1.82, 2.24) is 5.32 Å². The van der Waals surface area contributed by atoms with Crippen LogP contribution in [0.1, 0.15) is 52.5 Å². The zero-order valence-corrected chi connectivity index (χ0v) is 16.3. The molecule has 144 valence electrons. The summed E-state index contributed by atoms with van der Waals surface area (Å²) in [6.45, 7) is 8.30. The molecule has 1 aliphatic heterocycles. The van der Waals surface area contributed by atoms with Gasteiger partial charge in [0.2, 0.25) is 5.91 Å². The Balaban J connectivity index is 1.69. The van der Waals surface area contributed by atoms with E-state index in [1.807, 2.05) is 32.0 Å². The molecule has 1 unspecified atom stereocenters. The number of Topliss-reactive ketones (excluding diaryl/α,β-unsaturated/α-hetero) is 1. The summed E-state index contributed by atoms with van der Waals surface area (Å²) in [5, 5.41) is 2.84. The minimum atomic E-state index is -0.773. The summed E-state index contributed by atoms with van der Waals surface area (Å²) in [7, 11) is 0. The van der Waals surface area contributed by atoms with E-state index in [4.69, 9.17) is 9.47 Å². The summed E-state index contributed by atoms with van der Waals surface area (Å²) >= 11 is 0. The molecule has 26 heavy (non-hydrogen) atoms. The van der Waals surface area contributed by atoms with E-state index in [2.05, 4.69) is 17.4 Å². The molecule has 0 aliphatic carbocycles. The summed E-state index contributed by atoms with van der Waals surface area (Å²) in [6.07, 6.45) is 2.04. The number of benzene rings is 1. The third-order valence-corrected chi connectivity index (χ3v) is 4.61. The first-order valence-corrected chi connectivity index (χ1v) is 9.35. The van der Waals surface area contributed by atoms with E-state index in [9.17, 15) is 9.59 Å². The van der Waals surface area contributed by atoms with Crippen LogP contribution in [-0.2, 0) is 25.5 Å². The van der Waals surface area contributed by atoms with Gasteiger partial charge in [-0.3, -0.25) is 9.59 Å². The predicted molar refractivity (Wildman–Crippen MR) is 101 cm³/mol. The van der Waals surface area contributed by atoms with Gasteiger partial charge in [0.15, 0.2) is 5.79 Å². The third-order valence-electron chi connectivity index (χ3n) is 4.61. The number of hydrogen-bond acceptors (Lipinski definition) is 4. The van der Waals surface area contributed by atoms with Gasteiger partial charge in [-0.2, -0.15) is 0 Å². The Morgan fingerprint density at radius 2 is 1.81 bits per heavy atom. The second-order valence-corrected chi connectivity index (χ2v) is 8.09. The van der Waals surface area contributed by atoms with Gasteiger partial charge in [0.05, 0.1) is 6.61 Å². The molecule has 1 aromatic carbocycles. The van der Waals surface area contributed by atoms with Crippen molar-refractivity contribution < 1.29 is 19.1 Å². The highest BCUT2D eigenvalue weighted by atomic mass is 16.7. The molecule has 0 bridgehead atoms. The Morgan fingerprint density at radius 3 is 2.50 bits per heavy atom. The van der Waals surface area contributed by atoms with Crippen LogP contribution in [-0.4, -0.2) is 36.7 Å². The summed E-state index contributed by atoms with van der Waals surface area (Å²) in [5.74, 6) is -0.776. The van der Waals surface area contributed by atoms with Crippen molar-refractivity contribution in [2.45, 2.75) is 65.3 Å². The van der Waals surface area contributed by atoms with Crippen LogP contribution in [0.5, 0.6) is 0 Å². The molecule has 2 rings (SSSR count). The average molecular weight is 361 g/mol. The fourth-order valence-electron chi connectivity index (χ4n) is 3.00. The van der Waals surface area contributed by atoms with Crippen LogP contribution in [0.4, 0.5) is 0 Å². The Kier molecular flexibility index (Phi) is 6.95. The van der Waals surface area contributed by atoms with Crippen molar-refractivity contribution >= 4 is 11.7 Å². The molecule has 5 nitrogen and oxygen atoms in total. The maximum Gasteiger partial charge on any atom is 0.249 e. The lowest BCUT2D eigenvalue weighted by molar-refractivity contribution is -0.304. The summed E-state index contributed by atoms with van der Waals surface area (Å²) in [6, 6.07) is 10.1. The minimum absolute atomic E-state index is 0.175. The fourth-order valence-corrected chi connectivity index (χ4v) is 3.00. The van der Waals surface area contributed by atoms with Crippen LogP contribution in [0, 0.1) is 5.41 Å². The molecule has 1 amide bonds. The Morgan fingerprint density at radius 1 is 1.12 bits per heavy atom. The van der Waals surface area contributed by atoms with Gasteiger partial charge in [-0.15, -0.1) is 0 Å². The molecule has 1 aliphatic rings. The number of rotatable bonds is 8. The van der Waals surface area contributed by atoms with Crippen LogP contribution in [0.25, 0.3) is 0 Å². The second-order valence-electron chi connectivity index (χ2n) is 8.09. The topological polar surface area (TPSA) is 64.6 Å².